The van der Waals surface area contributed by atoms with Gasteiger partial charge in [-0.05, 0) is 44.3 Å². The summed E-state index contributed by atoms with van der Waals surface area (Å²) in [5.74, 6) is 1.82. The number of nitrogens with one attached hydrogen (secondary N) is 1. The molecular formula is C22H30N6O. The fourth-order valence-electron chi connectivity index (χ4n) is 3.27. The van der Waals surface area contributed by atoms with Crippen LogP contribution in [0.5, 0.6) is 5.75 Å². The van der Waals surface area contributed by atoms with Gasteiger partial charge in [-0.2, -0.15) is 4.98 Å². The lowest BCUT2D eigenvalue weighted by Crippen LogP contribution is -2.11. The van der Waals surface area contributed by atoms with E-state index in [2.05, 4.69) is 59.4 Å². The third kappa shape index (κ3) is 5.32. The van der Waals surface area contributed by atoms with Crippen LogP contribution in [0.4, 0.5) is 11.8 Å². The average Bonchev–Trinajstić information content (AvgIpc) is 2.69. The second-order valence-electron chi connectivity index (χ2n) is 7.44. The van der Waals surface area contributed by atoms with Gasteiger partial charge in [-0.15, -0.1) is 0 Å². The number of unbranched alkanes of at least 4 members (excludes halogenated alkanes) is 1. The predicted octanol–water partition coefficient (Wildman–Crippen LogP) is 3.48. The van der Waals surface area contributed by atoms with Crippen molar-refractivity contribution >= 4 is 22.8 Å². The molecule has 0 spiro atoms. The maximum Gasteiger partial charge on any atom is 0.222 e. The second-order valence-corrected chi connectivity index (χ2v) is 7.44. The van der Waals surface area contributed by atoms with Crippen LogP contribution in [0.2, 0.25) is 0 Å². The van der Waals surface area contributed by atoms with Gasteiger partial charge in [0, 0.05) is 30.8 Å². The molecule has 0 radical (unpaired) electrons. The van der Waals surface area contributed by atoms with Crippen molar-refractivity contribution in [3.63, 3.8) is 0 Å². The predicted molar refractivity (Wildman–Crippen MR) is 118 cm³/mol. The van der Waals surface area contributed by atoms with E-state index in [0.717, 1.165) is 54.0 Å². The summed E-state index contributed by atoms with van der Waals surface area (Å²) in [5, 5.41) is 3.35. The van der Waals surface area contributed by atoms with Crippen molar-refractivity contribution in [3.8, 4) is 5.75 Å². The largest absolute Gasteiger partial charge is 0.496 e. The standard InChI is InChI=1S/C22H30N6O/c1-5-6-11-24-21-20-18(26-22(23)27-21)10-9-17(25-20)13-16-8-7-15(14-28(2)3)12-19(16)29-4/h7-10,12H,5-6,11,13-14H2,1-4H3,(H3,23,24,26,27). The molecule has 7 heteroatoms. The summed E-state index contributed by atoms with van der Waals surface area (Å²) in [6, 6.07) is 10.3. The molecule has 154 valence electrons. The van der Waals surface area contributed by atoms with Crippen LogP contribution >= 0.6 is 0 Å². The summed E-state index contributed by atoms with van der Waals surface area (Å²) in [4.78, 5) is 15.6. The SMILES string of the molecule is CCCCNc1nc(N)nc2ccc(Cc3ccc(CN(C)C)cc3OC)nc12. The third-order valence-electron chi connectivity index (χ3n) is 4.66. The van der Waals surface area contributed by atoms with Crippen LogP contribution in [-0.4, -0.2) is 47.6 Å². The molecule has 0 fully saturated rings. The van der Waals surface area contributed by atoms with Gasteiger partial charge in [0.15, 0.2) is 5.82 Å². The van der Waals surface area contributed by atoms with Gasteiger partial charge in [-0.25, -0.2) is 9.97 Å². The lowest BCUT2D eigenvalue weighted by Gasteiger charge is -2.14. The van der Waals surface area contributed by atoms with Gasteiger partial charge in [-0.3, -0.25) is 0 Å². The fourth-order valence-corrected chi connectivity index (χ4v) is 3.27. The van der Waals surface area contributed by atoms with E-state index in [1.165, 1.54) is 5.56 Å². The van der Waals surface area contributed by atoms with Crippen molar-refractivity contribution in [2.45, 2.75) is 32.7 Å². The van der Waals surface area contributed by atoms with Crippen molar-refractivity contribution in [3.05, 3.63) is 47.2 Å². The zero-order valence-corrected chi connectivity index (χ0v) is 17.7. The van der Waals surface area contributed by atoms with Gasteiger partial charge in [0.05, 0.1) is 12.6 Å². The molecule has 1 aromatic carbocycles. The van der Waals surface area contributed by atoms with Crippen molar-refractivity contribution in [2.75, 3.05) is 38.8 Å². The lowest BCUT2D eigenvalue weighted by atomic mass is 10.0. The molecule has 2 heterocycles. The molecule has 0 saturated carbocycles. The number of hydrogen-bond donors (Lipinski definition) is 2. The number of hydrogen-bond acceptors (Lipinski definition) is 7. The molecular weight excluding hydrogens is 364 g/mol. The minimum atomic E-state index is 0.254. The Labute approximate surface area is 172 Å². The summed E-state index contributed by atoms with van der Waals surface area (Å²) in [6.45, 7) is 3.85. The van der Waals surface area contributed by atoms with Gasteiger partial charge in [0.2, 0.25) is 5.95 Å². The number of rotatable bonds is 9. The van der Waals surface area contributed by atoms with E-state index in [0.29, 0.717) is 12.2 Å². The zero-order chi connectivity index (χ0) is 20.8. The quantitative estimate of drug-likeness (QED) is 0.537. The summed E-state index contributed by atoms with van der Waals surface area (Å²) in [7, 11) is 5.82. The Bertz CT molecular complexity index is 973. The molecule has 0 aliphatic heterocycles. The molecule has 3 aromatic rings. The Morgan fingerprint density at radius 3 is 2.66 bits per heavy atom. The van der Waals surface area contributed by atoms with Gasteiger partial charge in [-0.1, -0.05) is 25.5 Å². The monoisotopic (exact) mass is 394 g/mol. The number of benzene rings is 1. The van der Waals surface area contributed by atoms with Crippen LogP contribution in [0.15, 0.2) is 30.3 Å². The van der Waals surface area contributed by atoms with Gasteiger partial charge < -0.3 is 20.7 Å². The Morgan fingerprint density at radius 2 is 1.93 bits per heavy atom. The molecule has 0 aliphatic rings. The highest BCUT2D eigenvalue weighted by Crippen LogP contribution is 2.25. The first kappa shape index (κ1) is 20.8. The highest BCUT2D eigenvalue weighted by atomic mass is 16.5. The first-order valence-electron chi connectivity index (χ1n) is 9.97. The third-order valence-corrected chi connectivity index (χ3v) is 4.66. The normalized spacial score (nSPS) is 11.2. The minimum Gasteiger partial charge on any atom is -0.496 e. The van der Waals surface area contributed by atoms with E-state index < -0.39 is 0 Å². The van der Waals surface area contributed by atoms with E-state index in [1.807, 2.05) is 12.1 Å². The Morgan fingerprint density at radius 1 is 1.10 bits per heavy atom. The highest BCUT2D eigenvalue weighted by molar-refractivity contribution is 5.86. The number of anilines is 2. The topological polar surface area (TPSA) is 89.2 Å². The summed E-state index contributed by atoms with van der Waals surface area (Å²) >= 11 is 0. The maximum absolute atomic E-state index is 5.87. The number of nitrogens with zero attached hydrogens (tertiary/aromatic N) is 4. The zero-order valence-electron chi connectivity index (χ0n) is 17.7. The minimum absolute atomic E-state index is 0.254. The van der Waals surface area contributed by atoms with E-state index in [9.17, 15) is 0 Å². The molecule has 0 saturated heterocycles. The number of fused-ring (bicyclic) bond motifs is 1. The van der Waals surface area contributed by atoms with Gasteiger partial charge in [0.25, 0.3) is 0 Å². The van der Waals surface area contributed by atoms with Crippen molar-refractivity contribution < 1.29 is 4.74 Å². The Kier molecular flexibility index (Phi) is 6.82. The maximum atomic E-state index is 5.87. The van der Waals surface area contributed by atoms with Crippen molar-refractivity contribution in [1.82, 2.24) is 19.9 Å². The molecule has 7 nitrogen and oxygen atoms in total. The number of ether oxygens (including phenoxy) is 1. The van der Waals surface area contributed by atoms with Crippen molar-refractivity contribution in [2.24, 2.45) is 0 Å². The van der Waals surface area contributed by atoms with Crippen LogP contribution in [0.25, 0.3) is 11.0 Å². The molecule has 0 amide bonds. The van der Waals surface area contributed by atoms with Crippen LogP contribution < -0.4 is 15.8 Å². The molecule has 2 aromatic heterocycles. The Hall–Kier alpha value is -2.93. The summed E-state index contributed by atoms with van der Waals surface area (Å²) in [6.07, 6.45) is 2.83. The first-order valence-corrected chi connectivity index (χ1v) is 9.97. The van der Waals surface area contributed by atoms with Gasteiger partial charge >= 0.3 is 0 Å². The number of aromatic nitrogens is 3. The molecule has 0 aliphatic carbocycles. The highest BCUT2D eigenvalue weighted by Gasteiger charge is 2.11. The Balaban J connectivity index is 1.90. The smallest absolute Gasteiger partial charge is 0.222 e. The van der Waals surface area contributed by atoms with Crippen molar-refractivity contribution in [1.29, 1.82) is 0 Å². The molecule has 3 rings (SSSR count). The molecule has 0 atom stereocenters. The van der Waals surface area contributed by atoms with Crippen LogP contribution in [0, 0.1) is 0 Å². The van der Waals surface area contributed by atoms with E-state index >= 15 is 0 Å². The number of methoxy groups -OCH3 is 1. The summed E-state index contributed by atoms with van der Waals surface area (Å²) in [5.41, 5.74) is 10.6. The van der Waals surface area contributed by atoms with Crippen LogP contribution in [-0.2, 0) is 13.0 Å². The fraction of sp³-hybridized carbons (Fsp3) is 0.409. The number of nitrogens with two attached hydrogens (primary N) is 1. The average molecular weight is 395 g/mol. The number of pyridine rings is 1. The second kappa shape index (κ2) is 9.52. The first-order chi connectivity index (χ1) is 14.0. The van der Waals surface area contributed by atoms with E-state index in [4.69, 9.17) is 15.5 Å². The van der Waals surface area contributed by atoms with Crippen LogP contribution in [0.1, 0.15) is 36.6 Å². The molecule has 3 N–H and O–H groups in total. The lowest BCUT2D eigenvalue weighted by molar-refractivity contribution is 0.393. The molecule has 29 heavy (non-hydrogen) atoms. The summed E-state index contributed by atoms with van der Waals surface area (Å²) < 4.78 is 5.63. The van der Waals surface area contributed by atoms with E-state index in [-0.39, 0.29) is 5.95 Å². The van der Waals surface area contributed by atoms with Crippen LogP contribution in [0.3, 0.4) is 0 Å². The molecule has 0 bridgehead atoms. The number of nitrogen functional groups attached to an aromatic ring is 1. The van der Waals surface area contributed by atoms with Gasteiger partial charge in [0.1, 0.15) is 11.3 Å². The van der Waals surface area contributed by atoms with E-state index in [1.54, 1.807) is 7.11 Å². The molecule has 0 unspecified atom stereocenters.